The molecule has 172 valence electrons. The fourth-order valence-electron chi connectivity index (χ4n) is 4.30. The van der Waals surface area contributed by atoms with Crippen LogP contribution in [0.2, 0.25) is 0 Å². The second-order valence-electron chi connectivity index (χ2n) is 8.58. The molecule has 5 rings (SSSR count). The Bertz CT molecular complexity index is 1500. The van der Waals surface area contributed by atoms with E-state index >= 15 is 0 Å². The zero-order valence-electron chi connectivity index (χ0n) is 19.4. The van der Waals surface area contributed by atoms with Crippen LogP contribution >= 0.6 is 0 Å². The predicted molar refractivity (Wildman–Crippen MR) is 140 cm³/mol. The molecule has 0 fully saturated rings. The number of hydrogen-bond donors (Lipinski definition) is 2. The quantitative estimate of drug-likeness (QED) is 0.290. The Kier molecular flexibility index (Phi) is 6.22. The second kappa shape index (κ2) is 9.77. The normalized spacial score (nSPS) is 10.9. The Morgan fingerprint density at radius 2 is 1.51 bits per heavy atom. The van der Waals surface area contributed by atoms with Gasteiger partial charge in [0.1, 0.15) is 5.69 Å². The summed E-state index contributed by atoms with van der Waals surface area (Å²) in [6.45, 7) is 2.69. The molecule has 2 N–H and O–H groups in total. The average molecular weight is 460 g/mol. The molecule has 0 aliphatic heterocycles. The van der Waals surface area contributed by atoms with E-state index in [9.17, 15) is 4.79 Å². The SMILES string of the molecule is Cc1cccc2c(-c3cccc(NCc4ccc(CC(=O)O)cc4)c3)c(-c3ccccc3)nnc12. The van der Waals surface area contributed by atoms with E-state index in [1.165, 1.54) is 0 Å². The Morgan fingerprint density at radius 1 is 0.800 bits per heavy atom. The van der Waals surface area contributed by atoms with E-state index < -0.39 is 5.97 Å². The summed E-state index contributed by atoms with van der Waals surface area (Å²) in [6, 6.07) is 32.4. The predicted octanol–water partition coefficient (Wildman–Crippen LogP) is 6.51. The van der Waals surface area contributed by atoms with Crippen LogP contribution in [0.15, 0.2) is 97.1 Å². The monoisotopic (exact) mass is 459 g/mol. The highest BCUT2D eigenvalue weighted by atomic mass is 16.4. The van der Waals surface area contributed by atoms with Crippen LogP contribution in [0, 0.1) is 6.92 Å². The van der Waals surface area contributed by atoms with Crippen molar-refractivity contribution in [2.75, 3.05) is 5.32 Å². The van der Waals surface area contributed by atoms with Crippen molar-refractivity contribution >= 4 is 22.6 Å². The number of aryl methyl sites for hydroxylation is 1. The summed E-state index contributed by atoms with van der Waals surface area (Å²) >= 11 is 0. The summed E-state index contributed by atoms with van der Waals surface area (Å²) in [5.74, 6) is -0.823. The highest BCUT2D eigenvalue weighted by molar-refractivity contribution is 6.02. The zero-order valence-corrected chi connectivity index (χ0v) is 19.4. The molecule has 0 unspecified atom stereocenters. The van der Waals surface area contributed by atoms with Crippen LogP contribution in [0.1, 0.15) is 16.7 Å². The van der Waals surface area contributed by atoms with E-state index in [4.69, 9.17) is 5.11 Å². The van der Waals surface area contributed by atoms with Crippen LogP contribution in [-0.4, -0.2) is 21.3 Å². The average Bonchev–Trinajstić information content (AvgIpc) is 2.88. The van der Waals surface area contributed by atoms with Crippen molar-refractivity contribution in [2.24, 2.45) is 0 Å². The number of aromatic nitrogens is 2. The van der Waals surface area contributed by atoms with Crippen LogP contribution in [0.3, 0.4) is 0 Å². The van der Waals surface area contributed by atoms with E-state index in [2.05, 4.69) is 64.9 Å². The minimum atomic E-state index is -0.823. The van der Waals surface area contributed by atoms with Crippen LogP contribution in [0.25, 0.3) is 33.3 Å². The number of nitrogens with one attached hydrogen (secondary N) is 1. The molecule has 0 saturated carbocycles. The molecule has 0 radical (unpaired) electrons. The smallest absolute Gasteiger partial charge is 0.307 e. The lowest BCUT2D eigenvalue weighted by atomic mass is 9.94. The largest absolute Gasteiger partial charge is 0.481 e. The first-order chi connectivity index (χ1) is 17.1. The number of anilines is 1. The number of hydrogen-bond acceptors (Lipinski definition) is 4. The van der Waals surface area contributed by atoms with Crippen molar-refractivity contribution < 1.29 is 9.90 Å². The molecule has 1 aromatic heterocycles. The van der Waals surface area contributed by atoms with Gasteiger partial charge in [-0.15, -0.1) is 10.2 Å². The third-order valence-corrected chi connectivity index (χ3v) is 6.07. The van der Waals surface area contributed by atoms with Gasteiger partial charge in [-0.1, -0.05) is 84.9 Å². The summed E-state index contributed by atoms with van der Waals surface area (Å²) in [5, 5.41) is 22.8. The molecule has 0 aliphatic rings. The Morgan fingerprint density at radius 3 is 2.29 bits per heavy atom. The Hall–Kier alpha value is -4.51. The molecule has 0 aliphatic carbocycles. The summed E-state index contributed by atoms with van der Waals surface area (Å²) in [4.78, 5) is 10.9. The molecule has 0 amide bonds. The van der Waals surface area contributed by atoms with Gasteiger partial charge in [0.2, 0.25) is 0 Å². The fourth-order valence-corrected chi connectivity index (χ4v) is 4.30. The number of carboxylic acids is 1. The van der Waals surface area contributed by atoms with Gasteiger partial charge in [0.15, 0.2) is 0 Å². The maximum atomic E-state index is 10.9. The molecule has 0 spiro atoms. The van der Waals surface area contributed by atoms with Crippen LogP contribution in [0.4, 0.5) is 5.69 Å². The van der Waals surface area contributed by atoms with E-state index in [0.717, 1.165) is 55.7 Å². The number of rotatable bonds is 7. The van der Waals surface area contributed by atoms with Gasteiger partial charge in [-0.05, 0) is 41.3 Å². The van der Waals surface area contributed by atoms with E-state index in [0.29, 0.717) is 6.54 Å². The summed E-state index contributed by atoms with van der Waals surface area (Å²) in [7, 11) is 0. The summed E-state index contributed by atoms with van der Waals surface area (Å²) < 4.78 is 0. The van der Waals surface area contributed by atoms with Gasteiger partial charge in [-0.2, -0.15) is 0 Å². The fraction of sp³-hybridized carbons (Fsp3) is 0.100. The number of carbonyl (C=O) groups is 1. The maximum Gasteiger partial charge on any atom is 0.307 e. The van der Waals surface area contributed by atoms with E-state index in [1.807, 2.05) is 54.6 Å². The maximum absolute atomic E-state index is 10.9. The van der Waals surface area contributed by atoms with Gasteiger partial charge in [0.05, 0.1) is 11.9 Å². The number of benzene rings is 4. The number of carboxylic acid groups (broad SMARTS) is 1. The standard InChI is InChI=1S/C30H25N3O2/c1-20-7-5-12-26-28(30(33-32-29(20)26)23-8-3-2-4-9-23)24-10-6-11-25(18-24)31-19-22-15-13-21(14-16-22)17-27(34)35/h2-16,18,31H,17,19H2,1H3,(H,34,35). The molecule has 5 nitrogen and oxygen atoms in total. The minimum Gasteiger partial charge on any atom is -0.481 e. The third-order valence-electron chi connectivity index (χ3n) is 6.07. The molecule has 4 aromatic carbocycles. The lowest BCUT2D eigenvalue weighted by Gasteiger charge is -2.15. The van der Waals surface area contributed by atoms with Gasteiger partial charge >= 0.3 is 5.97 Å². The molecular formula is C30H25N3O2. The summed E-state index contributed by atoms with van der Waals surface area (Å²) in [5.41, 5.74) is 8.88. The van der Waals surface area contributed by atoms with Crippen molar-refractivity contribution in [3.63, 3.8) is 0 Å². The van der Waals surface area contributed by atoms with Crippen LogP contribution in [0.5, 0.6) is 0 Å². The highest BCUT2D eigenvalue weighted by Crippen LogP contribution is 2.37. The lowest BCUT2D eigenvalue weighted by Crippen LogP contribution is -2.02. The molecule has 35 heavy (non-hydrogen) atoms. The van der Waals surface area contributed by atoms with Gasteiger partial charge in [0.25, 0.3) is 0 Å². The van der Waals surface area contributed by atoms with E-state index in [1.54, 1.807) is 0 Å². The van der Waals surface area contributed by atoms with Gasteiger partial charge < -0.3 is 10.4 Å². The molecular weight excluding hydrogens is 434 g/mol. The van der Waals surface area contributed by atoms with Gasteiger partial charge in [-0.3, -0.25) is 4.79 Å². The van der Waals surface area contributed by atoms with Gasteiger partial charge in [0, 0.05) is 28.7 Å². The number of fused-ring (bicyclic) bond motifs is 1. The first-order valence-corrected chi connectivity index (χ1v) is 11.5. The molecule has 0 bridgehead atoms. The minimum absolute atomic E-state index is 0.0346. The van der Waals surface area contributed by atoms with Crippen molar-refractivity contribution in [1.82, 2.24) is 10.2 Å². The van der Waals surface area contributed by atoms with Crippen LogP contribution < -0.4 is 5.32 Å². The summed E-state index contributed by atoms with van der Waals surface area (Å²) in [6.07, 6.45) is 0.0346. The first-order valence-electron chi connectivity index (χ1n) is 11.5. The van der Waals surface area contributed by atoms with E-state index in [-0.39, 0.29) is 6.42 Å². The molecule has 0 atom stereocenters. The van der Waals surface area contributed by atoms with Crippen molar-refractivity contribution in [3.05, 3.63) is 114 Å². The molecule has 5 heteroatoms. The van der Waals surface area contributed by atoms with Crippen LogP contribution in [-0.2, 0) is 17.8 Å². The van der Waals surface area contributed by atoms with Crippen molar-refractivity contribution in [2.45, 2.75) is 19.9 Å². The zero-order chi connectivity index (χ0) is 24.2. The third kappa shape index (κ3) is 4.89. The lowest BCUT2D eigenvalue weighted by molar-refractivity contribution is -0.136. The first kappa shape index (κ1) is 22.3. The van der Waals surface area contributed by atoms with Crippen molar-refractivity contribution in [3.8, 4) is 22.4 Å². The number of nitrogens with zero attached hydrogens (tertiary/aromatic N) is 2. The molecule has 1 heterocycles. The molecule has 0 saturated heterocycles. The Balaban J connectivity index is 1.50. The Labute approximate surface area is 204 Å². The highest BCUT2D eigenvalue weighted by Gasteiger charge is 2.16. The second-order valence-corrected chi connectivity index (χ2v) is 8.58. The molecule has 5 aromatic rings. The number of aliphatic carboxylic acids is 1. The topological polar surface area (TPSA) is 75.1 Å². The van der Waals surface area contributed by atoms with Crippen molar-refractivity contribution in [1.29, 1.82) is 0 Å². The van der Waals surface area contributed by atoms with Gasteiger partial charge in [-0.25, -0.2) is 0 Å².